The zero-order valence-corrected chi connectivity index (χ0v) is 13.1. The van der Waals surface area contributed by atoms with Gasteiger partial charge in [-0.3, -0.25) is 9.53 Å². The van der Waals surface area contributed by atoms with E-state index in [1.807, 2.05) is 0 Å². The Balaban J connectivity index is 3.34. The molecule has 0 aliphatic carbocycles. The van der Waals surface area contributed by atoms with Crippen molar-refractivity contribution in [2.24, 2.45) is 0 Å². The molecular formula is C13H7F12NO2. The van der Waals surface area contributed by atoms with Gasteiger partial charge in [-0.2, -0.15) is 48.3 Å². The fourth-order valence-corrected chi connectivity index (χ4v) is 1.61. The average Bonchev–Trinajstić information content (AvgIpc) is 2.46. The van der Waals surface area contributed by atoms with E-state index in [1.165, 1.54) is 0 Å². The third-order valence-corrected chi connectivity index (χ3v) is 3.08. The molecule has 0 fully saturated rings. The van der Waals surface area contributed by atoms with Gasteiger partial charge in [0.15, 0.2) is 0 Å². The highest BCUT2D eigenvalue weighted by molar-refractivity contribution is 5.97. The number of hydrogen-bond acceptors (Lipinski definition) is 2. The first-order valence-electron chi connectivity index (χ1n) is 6.62. The van der Waals surface area contributed by atoms with Gasteiger partial charge in [-0.15, -0.1) is 0 Å². The van der Waals surface area contributed by atoms with Gasteiger partial charge < -0.3 is 5.32 Å². The minimum Gasteiger partial charge on any atom is -0.321 e. The van der Waals surface area contributed by atoms with Crippen LogP contribution < -0.4 is 5.32 Å². The summed E-state index contributed by atoms with van der Waals surface area (Å²) in [6.07, 6.45) is -21.1. The number of carbonyl (C=O) groups excluding carboxylic acids is 1. The van der Waals surface area contributed by atoms with E-state index in [-0.39, 0.29) is 5.56 Å². The summed E-state index contributed by atoms with van der Waals surface area (Å²) < 4.78 is 155. The summed E-state index contributed by atoms with van der Waals surface area (Å²) in [5, 5.41) is 1.01. The van der Waals surface area contributed by atoms with Crippen LogP contribution >= 0.6 is 0 Å². The monoisotopic (exact) mass is 437 g/mol. The summed E-state index contributed by atoms with van der Waals surface area (Å²) in [4.78, 5) is 11.5. The maximum Gasteiger partial charge on any atom is 0.462 e. The van der Waals surface area contributed by atoms with E-state index < -0.39 is 47.7 Å². The Labute approximate surface area is 147 Å². The smallest absolute Gasteiger partial charge is 0.321 e. The minimum absolute atomic E-state index is 0.370. The van der Waals surface area contributed by atoms with Gasteiger partial charge in [-0.25, -0.2) is 4.39 Å². The molecule has 1 amide bonds. The molecule has 0 spiro atoms. The van der Waals surface area contributed by atoms with Gasteiger partial charge in [0.2, 0.25) is 0 Å². The molecule has 0 aliphatic rings. The van der Waals surface area contributed by atoms with E-state index in [0.717, 1.165) is 12.2 Å². The Bertz CT molecular complexity index is 742. The number of rotatable bonds is 5. The second-order valence-corrected chi connectivity index (χ2v) is 5.20. The lowest BCUT2D eigenvalue weighted by atomic mass is 10.1. The molecule has 0 saturated carbocycles. The Morgan fingerprint density at radius 2 is 1.39 bits per heavy atom. The highest BCUT2D eigenvalue weighted by atomic mass is 19.4. The molecule has 0 aromatic heterocycles. The van der Waals surface area contributed by atoms with Crippen LogP contribution in [0, 0.1) is 12.7 Å². The molecule has 1 aromatic carbocycles. The van der Waals surface area contributed by atoms with Gasteiger partial charge in [-0.1, -0.05) is 0 Å². The molecule has 0 saturated heterocycles. The van der Waals surface area contributed by atoms with Crippen LogP contribution in [0.5, 0.6) is 0 Å². The molecule has 1 aromatic rings. The van der Waals surface area contributed by atoms with Crippen LogP contribution in [0.1, 0.15) is 5.56 Å². The third-order valence-electron chi connectivity index (χ3n) is 3.08. The lowest BCUT2D eigenvalue weighted by molar-refractivity contribution is -0.472. The summed E-state index contributed by atoms with van der Waals surface area (Å²) in [6.45, 7) is 0.958. The Morgan fingerprint density at radius 1 is 0.893 bits per heavy atom. The lowest BCUT2D eigenvalue weighted by Crippen LogP contribution is -2.62. The maximum absolute atomic E-state index is 14.0. The van der Waals surface area contributed by atoms with Crippen molar-refractivity contribution >= 4 is 11.6 Å². The van der Waals surface area contributed by atoms with Crippen LogP contribution in [0.15, 0.2) is 18.2 Å². The van der Waals surface area contributed by atoms with Crippen molar-refractivity contribution in [3.05, 3.63) is 29.6 Å². The molecule has 0 bridgehead atoms. The average molecular weight is 437 g/mol. The highest BCUT2D eigenvalue weighted by Gasteiger charge is 2.79. The second kappa shape index (κ2) is 7.00. The number of benzene rings is 1. The molecule has 160 valence electrons. The Morgan fingerprint density at radius 3 is 1.79 bits per heavy atom. The highest BCUT2D eigenvalue weighted by Crippen LogP contribution is 2.51. The summed E-state index contributed by atoms with van der Waals surface area (Å²) in [5.74, 6) is -17.8. The largest absolute Gasteiger partial charge is 0.462 e. The number of halogens is 12. The van der Waals surface area contributed by atoms with Gasteiger partial charge in [0, 0.05) is 5.69 Å². The van der Waals surface area contributed by atoms with Crippen LogP contribution in [0.25, 0.3) is 0 Å². The van der Waals surface area contributed by atoms with Gasteiger partial charge >= 0.3 is 30.2 Å². The van der Waals surface area contributed by atoms with Crippen LogP contribution in [0.3, 0.4) is 0 Å². The van der Waals surface area contributed by atoms with E-state index in [1.54, 1.807) is 0 Å². The van der Waals surface area contributed by atoms with E-state index in [2.05, 4.69) is 4.74 Å². The van der Waals surface area contributed by atoms with Gasteiger partial charge in [0.25, 0.3) is 5.91 Å². The van der Waals surface area contributed by atoms with Gasteiger partial charge in [0.1, 0.15) is 5.82 Å². The summed E-state index contributed by atoms with van der Waals surface area (Å²) in [6, 6.07) is 1.67. The van der Waals surface area contributed by atoms with Crippen molar-refractivity contribution < 1.29 is 62.2 Å². The minimum atomic E-state index is -7.28. The normalized spacial score (nSPS) is 15.9. The zero-order chi connectivity index (χ0) is 22.3. The maximum atomic E-state index is 14.0. The first-order valence-corrected chi connectivity index (χ1v) is 6.62. The van der Waals surface area contributed by atoms with E-state index >= 15 is 0 Å². The molecule has 3 nitrogen and oxygen atoms in total. The molecule has 28 heavy (non-hydrogen) atoms. The van der Waals surface area contributed by atoms with Gasteiger partial charge in [-0.05, 0) is 30.7 Å². The van der Waals surface area contributed by atoms with Crippen LogP contribution in [0.4, 0.5) is 58.4 Å². The number of amides is 1. The van der Waals surface area contributed by atoms with Gasteiger partial charge in [0.05, 0.1) is 0 Å². The number of carbonyl (C=O) groups is 1. The Hall–Kier alpha value is -2.19. The van der Waals surface area contributed by atoms with Crippen molar-refractivity contribution in [2.75, 3.05) is 5.32 Å². The van der Waals surface area contributed by atoms with Crippen molar-refractivity contribution in [3.8, 4) is 0 Å². The molecule has 0 aliphatic heterocycles. The van der Waals surface area contributed by atoms with Crippen molar-refractivity contribution in [3.63, 3.8) is 0 Å². The first-order chi connectivity index (χ1) is 12.3. The number of anilines is 1. The first kappa shape index (κ1) is 23.8. The molecule has 1 atom stereocenters. The molecular weight excluding hydrogens is 430 g/mol. The summed E-state index contributed by atoms with van der Waals surface area (Å²) in [7, 11) is 0. The van der Waals surface area contributed by atoms with Crippen molar-refractivity contribution in [1.29, 1.82) is 0 Å². The summed E-state index contributed by atoms with van der Waals surface area (Å²) >= 11 is 0. The zero-order valence-electron chi connectivity index (χ0n) is 13.1. The second-order valence-electron chi connectivity index (χ2n) is 5.20. The topological polar surface area (TPSA) is 38.3 Å². The van der Waals surface area contributed by atoms with E-state index in [0.29, 0.717) is 18.2 Å². The van der Waals surface area contributed by atoms with Crippen molar-refractivity contribution in [1.82, 2.24) is 0 Å². The molecule has 15 heteroatoms. The molecule has 0 heterocycles. The number of nitrogens with one attached hydrogen (secondary N) is 1. The molecule has 1 N–H and O–H groups in total. The predicted molar refractivity (Wildman–Crippen MR) is 66.7 cm³/mol. The van der Waals surface area contributed by atoms with Crippen LogP contribution in [0.2, 0.25) is 0 Å². The predicted octanol–water partition coefficient (Wildman–Crippen LogP) is 5.11. The standard InChI is InChI=1S/C13H7F12NO2/c1-5-4-6(14)2-3-7(5)26-8(27)9(15,11(18,19)20)28-13(24,25)10(16,17)12(21,22)23/h2-4H,1H3,(H,26,27)/t9-/m0/s1. The number of aryl methyl sites for hydroxylation is 1. The third kappa shape index (κ3) is 4.28. The van der Waals surface area contributed by atoms with E-state index in [4.69, 9.17) is 0 Å². The number of alkyl halides is 11. The SMILES string of the molecule is Cc1cc(F)ccc1NC(=O)[C@](F)(OC(F)(F)C(F)(F)C(F)(F)F)C(F)(F)F. The fraction of sp³-hybridized carbons (Fsp3) is 0.462. The van der Waals surface area contributed by atoms with Crippen LogP contribution in [-0.2, 0) is 9.53 Å². The molecule has 1 rings (SSSR count). The summed E-state index contributed by atoms with van der Waals surface area (Å²) in [5.41, 5.74) is -1.17. The van der Waals surface area contributed by atoms with E-state index in [9.17, 15) is 57.5 Å². The number of ether oxygens (including phenoxy) is 1. The fourth-order valence-electron chi connectivity index (χ4n) is 1.61. The molecule has 0 unspecified atom stereocenters. The molecule has 0 radical (unpaired) electrons. The number of hydrogen-bond donors (Lipinski definition) is 1. The van der Waals surface area contributed by atoms with Crippen molar-refractivity contribution in [2.45, 2.75) is 37.2 Å². The Kier molecular flexibility index (Phi) is 5.97. The lowest BCUT2D eigenvalue weighted by Gasteiger charge is -2.34. The quantitative estimate of drug-likeness (QED) is 0.651. The van der Waals surface area contributed by atoms with Crippen LogP contribution in [-0.4, -0.2) is 36.1 Å².